The fraction of sp³-hybridized carbons (Fsp3) is 0.312. The van der Waals surface area contributed by atoms with Crippen molar-refractivity contribution in [3.8, 4) is 5.75 Å². The van der Waals surface area contributed by atoms with Crippen LogP contribution in [0.25, 0.3) is 0 Å². The number of rotatable bonds is 6. The Hall–Kier alpha value is -1.94. The van der Waals surface area contributed by atoms with Gasteiger partial charge < -0.3 is 10.1 Å². The number of nitrogens with one attached hydrogen (secondary N) is 1. The van der Waals surface area contributed by atoms with Gasteiger partial charge >= 0.3 is 0 Å². The molecule has 1 aromatic carbocycles. The molecule has 1 aromatic heterocycles. The molecule has 20 heavy (non-hydrogen) atoms. The monoisotopic (exact) mass is 274 g/mol. The van der Waals surface area contributed by atoms with Crippen molar-refractivity contribution >= 4 is 0 Å². The largest absolute Gasteiger partial charge is 0.494 e. The molecule has 4 heteroatoms. The van der Waals surface area contributed by atoms with Gasteiger partial charge in [0.15, 0.2) is 11.6 Å². The SMILES string of the molecule is CNC(Cc1cccnc1)Cc1ccc(OC)c(F)c1. The maximum atomic E-state index is 13.7. The van der Waals surface area contributed by atoms with E-state index >= 15 is 0 Å². The summed E-state index contributed by atoms with van der Waals surface area (Å²) >= 11 is 0. The van der Waals surface area contributed by atoms with Crippen molar-refractivity contribution in [1.82, 2.24) is 10.3 Å². The van der Waals surface area contributed by atoms with Gasteiger partial charge in [0.2, 0.25) is 0 Å². The Morgan fingerprint density at radius 3 is 2.65 bits per heavy atom. The summed E-state index contributed by atoms with van der Waals surface area (Å²) in [5.41, 5.74) is 2.12. The second-order valence-electron chi connectivity index (χ2n) is 4.72. The molecule has 106 valence electrons. The number of likely N-dealkylation sites (N-methyl/N-ethyl adjacent to an activating group) is 1. The third kappa shape index (κ3) is 3.78. The van der Waals surface area contributed by atoms with Crippen LogP contribution in [0.1, 0.15) is 11.1 Å². The van der Waals surface area contributed by atoms with Crippen LogP contribution in [0.4, 0.5) is 4.39 Å². The van der Waals surface area contributed by atoms with Gasteiger partial charge in [0.1, 0.15) is 0 Å². The van der Waals surface area contributed by atoms with Crippen molar-refractivity contribution in [2.45, 2.75) is 18.9 Å². The third-order valence-electron chi connectivity index (χ3n) is 3.31. The topological polar surface area (TPSA) is 34.2 Å². The smallest absolute Gasteiger partial charge is 0.165 e. The van der Waals surface area contributed by atoms with Gasteiger partial charge in [-0.1, -0.05) is 12.1 Å². The van der Waals surface area contributed by atoms with Crippen LogP contribution in [0.3, 0.4) is 0 Å². The van der Waals surface area contributed by atoms with E-state index in [2.05, 4.69) is 10.3 Å². The van der Waals surface area contributed by atoms with E-state index in [9.17, 15) is 4.39 Å². The number of aromatic nitrogens is 1. The highest BCUT2D eigenvalue weighted by molar-refractivity contribution is 5.30. The van der Waals surface area contributed by atoms with Crippen LogP contribution in [0.5, 0.6) is 5.75 Å². The van der Waals surface area contributed by atoms with Gasteiger partial charge in [0.25, 0.3) is 0 Å². The Labute approximate surface area is 118 Å². The van der Waals surface area contributed by atoms with Crippen LogP contribution in [-0.2, 0) is 12.8 Å². The van der Waals surface area contributed by atoms with Crippen molar-refractivity contribution in [1.29, 1.82) is 0 Å². The minimum atomic E-state index is -0.318. The lowest BCUT2D eigenvalue weighted by Crippen LogP contribution is -2.30. The number of methoxy groups -OCH3 is 1. The molecule has 0 saturated carbocycles. The number of hydrogen-bond acceptors (Lipinski definition) is 3. The fourth-order valence-corrected chi connectivity index (χ4v) is 2.20. The predicted molar refractivity (Wildman–Crippen MR) is 77.4 cm³/mol. The van der Waals surface area contributed by atoms with Crippen LogP contribution in [0, 0.1) is 5.82 Å². The first kappa shape index (κ1) is 14.5. The molecule has 0 aliphatic heterocycles. The first-order valence-electron chi connectivity index (χ1n) is 6.61. The molecule has 1 N–H and O–H groups in total. The average Bonchev–Trinajstić information content (AvgIpc) is 2.48. The molecular weight excluding hydrogens is 255 g/mol. The Bertz CT molecular complexity index is 545. The maximum absolute atomic E-state index is 13.7. The summed E-state index contributed by atoms with van der Waals surface area (Å²) in [5.74, 6) is -0.0387. The average molecular weight is 274 g/mol. The first-order chi connectivity index (χ1) is 9.72. The fourth-order valence-electron chi connectivity index (χ4n) is 2.20. The van der Waals surface area contributed by atoms with Crippen LogP contribution in [-0.4, -0.2) is 25.2 Å². The molecule has 0 aliphatic carbocycles. The first-order valence-corrected chi connectivity index (χ1v) is 6.61. The molecule has 2 rings (SSSR count). The van der Waals surface area contributed by atoms with Crippen molar-refractivity contribution in [2.24, 2.45) is 0 Å². The van der Waals surface area contributed by atoms with E-state index in [1.807, 2.05) is 31.4 Å². The number of ether oxygens (including phenoxy) is 1. The van der Waals surface area contributed by atoms with Crippen LogP contribution in [0.2, 0.25) is 0 Å². The number of benzene rings is 1. The van der Waals surface area contributed by atoms with Gasteiger partial charge in [-0.25, -0.2) is 4.39 Å². The Morgan fingerprint density at radius 1 is 1.25 bits per heavy atom. The van der Waals surface area contributed by atoms with Gasteiger partial charge in [-0.2, -0.15) is 0 Å². The number of halogens is 1. The summed E-state index contributed by atoms with van der Waals surface area (Å²) in [6, 6.07) is 9.32. The zero-order valence-corrected chi connectivity index (χ0v) is 11.8. The minimum Gasteiger partial charge on any atom is -0.494 e. The summed E-state index contributed by atoms with van der Waals surface area (Å²) < 4.78 is 18.6. The highest BCUT2D eigenvalue weighted by Crippen LogP contribution is 2.19. The summed E-state index contributed by atoms with van der Waals surface area (Å²) in [6.45, 7) is 0. The number of pyridine rings is 1. The van der Waals surface area contributed by atoms with Gasteiger partial charge in [-0.3, -0.25) is 4.98 Å². The highest BCUT2D eigenvalue weighted by Gasteiger charge is 2.10. The lowest BCUT2D eigenvalue weighted by atomic mass is 10.00. The second kappa shape index (κ2) is 7.01. The molecule has 1 heterocycles. The lowest BCUT2D eigenvalue weighted by molar-refractivity contribution is 0.386. The van der Waals surface area contributed by atoms with Gasteiger partial charge in [-0.05, 0) is 49.2 Å². The molecule has 1 unspecified atom stereocenters. The zero-order valence-electron chi connectivity index (χ0n) is 11.8. The zero-order chi connectivity index (χ0) is 14.4. The molecule has 0 fully saturated rings. The summed E-state index contributed by atoms with van der Waals surface area (Å²) in [7, 11) is 3.39. The van der Waals surface area contributed by atoms with Gasteiger partial charge in [0, 0.05) is 18.4 Å². The third-order valence-corrected chi connectivity index (χ3v) is 3.31. The molecule has 0 aliphatic rings. The Morgan fingerprint density at radius 2 is 2.05 bits per heavy atom. The molecule has 0 bridgehead atoms. The molecule has 0 saturated heterocycles. The molecule has 0 amide bonds. The molecule has 0 radical (unpaired) electrons. The standard InChI is InChI=1S/C16H19FN2O/c1-18-14(9-13-4-3-7-19-11-13)8-12-5-6-16(20-2)15(17)10-12/h3-7,10-11,14,18H,8-9H2,1-2H3. The molecule has 1 atom stereocenters. The van der Waals surface area contributed by atoms with Crippen molar-refractivity contribution < 1.29 is 9.13 Å². The predicted octanol–water partition coefficient (Wildman–Crippen LogP) is 2.60. The quantitative estimate of drug-likeness (QED) is 0.879. The highest BCUT2D eigenvalue weighted by atomic mass is 19.1. The number of nitrogens with zero attached hydrogens (tertiary/aromatic N) is 1. The maximum Gasteiger partial charge on any atom is 0.165 e. The Kier molecular flexibility index (Phi) is 5.07. The normalized spacial score (nSPS) is 12.2. The summed E-state index contributed by atoms with van der Waals surface area (Å²) in [4.78, 5) is 4.11. The van der Waals surface area contributed by atoms with Crippen molar-refractivity contribution in [3.63, 3.8) is 0 Å². The van der Waals surface area contributed by atoms with Crippen LogP contribution < -0.4 is 10.1 Å². The summed E-state index contributed by atoms with van der Waals surface area (Å²) in [5, 5.41) is 3.27. The summed E-state index contributed by atoms with van der Waals surface area (Å²) in [6.07, 6.45) is 5.24. The van der Waals surface area contributed by atoms with E-state index in [1.165, 1.54) is 18.7 Å². The second-order valence-corrected chi connectivity index (χ2v) is 4.72. The van der Waals surface area contributed by atoms with Gasteiger partial charge in [-0.15, -0.1) is 0 Å². The molecule has 2 aromatic rings. The molecule has 0 spiro atoms. The van der Waals surface area contributed by atoms with E-state index in [0.29, 0.717) is 0 Å². The van der Waals surface area contributed by atoms with Crippen molar-refractivity contribution in [3.05, 3.63) is 59.7 Å². The van der Waals surface area contributed by atoms with E-state index in [1.54, 1.807) is 12.3 Å². The Balaban J connectivity index is 2.04. The van der Waals surface area contributed by atoms with E-state index in [4.69, 9.17) is 4.74 Å². The molecular formula is C16H19FN2O. The van der Waals surface area contributed by atoms with E-state index in [0.717, 1.165) is 18.4 Å². The molecule has 3 nitrogen and oxygen atoms in total. The minimum absolute atomic E-state index is 0.243. The van der Waals surface area contributed by atoms with Gasteiger partial charge in [0.05, 0.1) is 7.11 Å². The van der Waals surface area contributed by atoms with Crippen LogP contribution >= 0.6 is 0 Å². The lowest BCUT2D eigenvalue weighted by Gasteiger charge is -2.16. The van der Waals surface area contributed by atoms with E-state index in [-0.39, 0.29) is 17.6 Å². The van der Waals surface area contributed by atoms with Crippen molar-refractivity contribution in [2.75, 3.05) is 14.2 Å². The number of hydrogen-bond donors (Lipinski definition) is 1. The van der Waals surface area contributed by atoms with E-state index < -0.39 is 0 Å². The van der Waals surface area contributed by atoms with Crippen LogP contribution in [0.15, 0.2) is 42.7 Å².